The molecule has 0 amide bonds. The number of hydrogen-bond acceptors (Lipinski definition) is 7. The molecule has 0 atom stereocenters. The van der Waals surface area contributed by atoms with Crippen LogP contribution in [0, 0.1) is 0 Å². The Labute approximate surface area is 143 Å². The van der Waals surface area contributed by atoms with Crippen molar-refractivity contribution in [2.45, 2.75) is 6.42 Å². The summed E-state index contributed by atoms with van der Waals surface area (Å²) in [6.45, 7) is 0. The number of nitrogen functional groups attached to an aromatic ring is 1. The molecule has 0 saturated carbocycles. The second-order valence-corrected chi connectivity index (χ2v) is 5.27. The lowest BCUT2D eigenvalue weighted by atomic mass is 10.1. The molecule has 124 valence electrons. The Morgan fingerprint density at radius 3 is 2.76 bits per heavy atom. The maximum absolute atomic E-state index is 5.93. The number of rotatable bonds is 5. The van der Waals surface area contributed by atoms with E-state index in [1.807, 2.05) is 24.3 Å². The van der Waals surface area contributed by atoms with Crippen LogP contribution in [0.4, 0.5) is 11.9 Å². The average Bonchev–Trinajstić information content (AvgIpc) is 3.29. The van der Waals surface area contributed by atoms with Crippen LogP contribution in [0.1, 0.15) is 5.56 Å². The van der Waals surface area contributed by atoms with Gasteiger partial charge in [0, 0.05) is 6.20 Å². The molecule has 1 aromatic carbocycles. The number of nitrogens with zero attached hydrogens (tertiary/aromatic N) is 5. The molecule has 0 aliphatic rings. The van der Waals surface area contributed by atoms with Gasteiger partial charge in [-0.3, -0.25) is 0 Å². The number of aromatic nitrogens is 5. The number of benzene rings is 1. The van der Waals surface area contributed by atoms with Gasteiger partial charge in [0.05, 0.1) is 6.26 Å². The predicted octanol–water partition coefficient (Wildman–Crippen LogP) is 2.53. The lowest BCUT2D eigenvalue weighted by Crippen LogP contribution is -2.07. The standard InChI is InChI=1S/C17H15N7O/c18-15-21-16(19-10-4-8-12-6-2-1-3-7-12)22-17-20-14(23-24(15)17)13-9-5-11-25-13/h1-7,9-11H,8H2,(H3,18,19,20,21,22,23). The SMILES string of the molecule is Nc1nc(NC=CCc2ccccc2)nc2nc(-c3ccco3)nn12. The minimum Gasteiger partial charge on any atom is -0.461 e. The molecule has 4 aromatic rings. The molecular weight excluding hydrogens is 318 g/mol. The van der Waals surface area contributed by atoms with E-state index in [9.17, 15) is 0 Å². The molecule has 3 aromatic heterocycles. The molecule has 0 unspecified atom stereocenters. The van der Waals surface area contributed by atoms with Gasteiger partial charge in [0.1, 0.15) is 0 Å². The van der Waals surface area contributed by atoms with E-state index in [-0.39, 0.29) is 5.95 Å². The predicted molar refractivity (Wildman–Crippen MR) is 93.6 cm³/mol. The number of fused-ring (bicyclic) bond motifs is 1. The van der Waals surface area contributed by atoms with E-state index in [1.54, 1.807) is 24.6 Å². The molecule has 0 radical (unpaired) electrons. The van der Waals surface area contributed by atoms with Crippen LogP contribution in [-0.4, -0.2) is 24.6 Å². The summed E-state index contributed by atoms with van der Waals surface area (Å²) in [6, 6.07) is 13.7. The van der Waals surface area contributed by atoms with Gasteiger partial charge in [0.2, 0.25) is 17.7 Å². The average molecular weight is 333 g/mol. The van der Waals surface area contributed by atoms with Crippen molar-refractivity contribution in [2.24, 2.45) is 0 Å². The van der Waals surface area contributed by atoms with E-state index in [0.29, 0.717) is 23.3 Å². The molecule has 3 heterocycles. The minimum atomic E-state index is 0.189. The van der Waals surface area contributed by atoms with E-state index < -0.39 is 0 Å². The van der Waals surface area contributed by atoms with Gasteiger partial charge in [-0.1, -0.05) is 36.4 Å². The van der Waals surface area contributed by atoms with Gasteiger partial charge in [0.25, 0.3) is 5.78 Å². The topological polar surface area (TPSA) is 107 Å². The van der Waals surface area contributed by atoms with Gasteiger partial charge < -0.3 is 15.5 Å². The van der Waals surface area contributed by atoms with Crippen molar-refractivity contribution in [3.8, 4) is 11.6 Å². The van der Waals surface area contributed by atoms with Crippen molar-refractivity contribution in [1.29, 1.82) is 0 Å². The summed E-state index contributed by atoms with van der Waals surface area (Å²) >= 11 is 0. The Morgan fingerprint density at radius 2 is 1.96 bits per heavy atom. The van der Waals surface area contributed by atoms with Crippen molar-refractivity contribution >= 4 is 17.7 Å². The molecule has 0 aliphatic carbocycles. The normalized spacial score (nSPS) is 11.4. The molecule has 8 heteroatoms. The number of furan rings is 1. The van der Waals surface area contributed by atoms with E-state index >= 15 is 0 Å². The summed E-state index contributed by atoms with van der Waals surface area (Å²) in [7, 11) is 0. The fraction of sp³-hybridized carbons (Fsp3) is 0.0588. The third-order valence-electron chi connectivity index (χ3n) is 3.50. The number of nitrogens with two attached hydrogens (primary N) is 1. The molecule has 25 heavy (non-hydrogen) atoms. The summed E-state index contributed by atoms with van der Waals surface area (Å²) in [4.78, 5) is 12.8. The minimum absolute atomic E-state index is 0.189. The molecule has 0 aliphatic heterocycles. The van der Waals surface area contributed by atoms with Gasteiger partial charge in [0.15, 0.2) is 5.76 Å². The number of hydrogen-bond donors (Lipinski definition) is 2. The number of allylic oxidation sites excluding steroid dienone is 1. The third kappa shape index (κ3) is 3.18. The van der Waals surface area contributed by atoms with Crippen molar-refractivity contribution in [1.82, 2.24) is 24.6 Å². The lowest BCUT2D eigenvalue weighted by molar-refractivity contribution is 0.577. The highest BCUT2D eigenvalue weighted by atomic mass is 16.3. The molecule has 8 nitrogen and oxygen atoms in total. The summed E-state index contributed by atoms with van der Waals surface area (Å²) < 4.78 is 6.66. The Kier molecular flexibility index (Phi) is 3.83. The van der Waals surface area contributed by atoms with Crippen LogP contribution in [0.3, 0.4) is 0 Å². The van der Waals surface area contributed by atoms with Gasteiger partial charge in [-0.2, -0.15) is 19.5 Å². The second kappa shape index (κ2) is 6.44. The Balaban J connectivity index is 1.52. The van der Waals surface area contributed by atoms with E-state index in [2.05, 4.69) is 37.5 Å². The van der Waals surface area contributed by atoms with Crippen LogP contribution in [0.15, 0.2) is 65.4 Å². The fourth-order valence-electron chi connectivity index (χ4n) is 2.32. The highest BCUT2D eigenvalue weighted by molar-refractivity contribution is 5.52. The second-order valence-electron chi connectivity index (χ2n) is 5.27. The van der Waals surface area contributed by atoms with Crippen molar-refractivity contribution in [3.05, 3.63) is 66.6 Å². The monoisotopic (exact) mass is 333 g/mol. The van der Waals surface area contributed by atoms with Crippen LogP contribution < -0.4 is 11.1 Å². The molecule has 4 rings (SSSR count). The highest BCUT2D eigenvalue weighted by Crippen LogP contribution is 2.17. The van der Waals surface area contributed by atoms with Gasteiger partial charge in [-0.25, -0.2) is 0 Å². The Hall–Kier alpha value is -3.68. The maximum Gasteiger partial charge on any atom is 0.259 e. The zero-order chi connectivity index (χ0) is 17.1. The smallest absolute Gasteiger partial charge is 0.259 e. The first-order valence-electron chi connectivity index (χ1n) is 7.69. The first-order valence-corrected chi connectivity index (χ1v) is 7.69. The first-order chi connectivity index (χ1) is 12.3. The molecule has 0 spiro atoms. The fourth-order valence-corrected chi connectivity index (χ4v) is 2.32. The van der Waals surface area contributed by atoms with Gasteiger partial charge in [-0.15, -0.1) is 5.10 Å². The van der Waals surface area contributed by atoms with Crippen molar-refractivity contribution in [2.75, 3.05) is 11.1 Å². The van der Waals surface area contributed by atoms with Crippen LogP contribution in [0.2, 0.25) is 0 Å². The van der Waals surface area contributed by atoms with E-state index in [1.165, 1.54) is 10.1 Å². The van der Waals surface area contributed by atoms with Crippen LogP contribution in [0.25, 0.3) is 17.4 Å². The van der Waals surface area contributed by atoms with E-state index in [0.717, 1.165) is 6.42 Å². The zero-order valence-electron chi connectivity index (χ0n) is 13.2. The number of anilines is 2. The summed E-state index contributed by atoms with van der Waals surface area (Å²) in [5, 5.41) is 7.25. The van der Waals surface area contributed by atoms with Gasteiger partial charge >= 0.3 is 0 Å². The molecule has 0 bridgehead atoms. The summed E-state index contributed by atoms with van der Waals surface area (Å²) in [5.41, 5.74) is 7.15. The quantitative estimate of drug-likeness (QED) is 0.578. The summed E-state index contributed by atoms with van der Waals surface area (Å²) in [6.07, 6.45) is 6.12. The highest BCUT2D eigenvalue weighted by Gasteiger charge is 2.13. The van der Waals surface area contributed by atoms with Gasteiger partial charge in [-0.05, 0) is 24.1 Å². The molecule has 3 N–H and O–H groups in total. The maximum atomic E-state index is 5.93. The van der Waals surface area contributed by atoms with Crippen LogP contribution in [-0.2, 0) is 6.42 Å². The summed E-state index contributed by atoms with van der Waals surface area (Å²) in [5.74, 6) is 1.84. The molecule has 0 fully saturated rings. The molecular formula is C17H15N7O. The zero-order valence-corrected chi connectivity index (χ0v) is 13.2. The largest absolute Gasteiger partial charge is 0.461 e. The lowest BCUT2D eigenvalue weighted by Gasteiger charge is -2.01. The first kappa shape index (κ1) is 14.9. The Morgan fingerprint density at radius 1 is 1.08 bits per heavy atom. The van der Waals surface area contributed by atoms with Crippen molar-refractivity contribution in [3.63, 3.8) is 0 Å². The molecule has 0 saturated heterocycles. The van der Waals surface area contributed by atoms with Crippen LogP contribution in [0.5, 0.6) is 0 Å². The number of nitrogens with one attached hydrogen (secondary N) is 1. The van der Waals surface area contributed by atoms with E-state index in [4.69, 9.17) is 10.2 Å². The van der Waals surface area contributed by atoms with Crippen LogP contribution >= 0.6 is 0 Å². The Bertz CT molecular complexity index is 1010. The third-order valence-corrected chi connectivity index (χ3v) is 3.50. The van der Waals surface area contributed by atoms with Crippen molar-refractivity contribution < 1.29 is 4.42 Å².